The predicted octanol–water partition coefficient (Wildman–Crippen LogP) is 0.0342. The molecular formula is C10H10N4O5S. The van der Waals surface area contributed by atoms with Gasteiger partial charge in [-0.2, -0.15) is 0 Å². The average Bonchev–Trinajstić information content (AvgIpc) is 2.67. The summed E-state index contributed by atoms with van der Waals surface area (Å²) in [6.07, 6.45) is 0. The number of urea groups is 1. The zero-order chi connectivity index (χ0) is 14.8. The second-order valence-corrected chi connectivity index (χ2v) is 5.80. The second-order valence-electron chi connectivity index (χ2n) is 4.04. The molecule has 1 aliphatic rings. The molecule has 1 unspecified atom stereocenters. The minimum absolute atomic E-state index is 0.162. The van der Waals surface area contributed by atoms with Crippen LogP contribution in [-0.4, -0.2) is 32.2 Å². The molecule has 10 heteroatoms. The summed E-state index contributed by atoms with van der Waals surface area (Å²) in [6, 6.07) is 3.56. The van der Waals surface area contributed by atoms with Gasteiger partial charge in [-0.05, 0) is 29.4 Å². The Bertz CT molecular complexity index is 655. The van der Waals surface area contributed by atoms with Gasteiger partial charge in [-0.15, -0.1) is 4.91 Å². The zero-order valence-corrected chi connectivity index (χ0v) is 10.8. The van der Waals surface area contributed by atoms with Gasteiger partial charge in [0.15, 0.2) is 0 Å². The molecule has 106 valence electrons. The van der Waals surface area contributed by atoms with E-state index in [2.05, 4.69) is 15.2 Å². The van der Waals surface area contributed by atoms with Crippen LogP contribution in [0.4, 0.5) is 16.2 Å². The molecule has 0 radical (unpaired) electrons. The molecule has 1 atom stereocenters. The number of benzene rings is 1. The van der Waals surface area contributed by atoms with Gasteiger partial charge in [0.1, 0.15) is 11.7 Å². The topological polar surface area (TPSA) is 134 Å². The Morgan fingerprint density at radius 2 is 1.85 bits per heavy atom. The van der Waals surface area contributed by atoms with Gasteiger partial charge in [-0.3, -0.25) is 14.8 Å². The van der Waals surface area contributed by atoms with Crippen LogP contribution in [0.15, 0.2) is 29.4 Å². The summed E-state index contributed by atoms with van der Waals surface area (Å²) in [6.45, 7) is 0. The van der Waals surface area contributed by atoms with E-state index in [9.17, 15) is 22.9 Å². The summed E-state index contributed by atoms with van der Waals surface area (Å²) in [4.78, 5) is 32.4. The molecule has 1 heterocycles. The van der Waals surface area contributed by atoms with E-state index in [0.29, 0.717) is 0 Å². The molecule has 3 N–H and O–H groups in total. The van der Waals surface area contributed by atoms with Gasteiger partial charge in [0.25, 0.3) is 5.91 Å². The maximum atomic E-state index is 11.8. The third-order valence-corrected chi connectivity index (χ3v) is 3.81. The number of carbonyl (C=O) groups excluding carboxylic acids is 2. The molecule has 1 fully saturated rings. The number of amides is 3. The van der Waals surface area contributed by atoms with Crippen molar-refractivity contribution in [2.24, 2.45) is 5.18 Å². The van der Waals surface area contributed by atoms with Gasteiger partial charge in [0.05, 0.1) is 5.75 Å². The Morgan fingerprint density at radius 1 is 1.20 bits per heavy atom. The number of carbonyl (C=O) groups is 2. The van der Waals surface area contributed by atoms with E-state index in [1.807, 2.05) is 5.32 Å². The van der Waals surface area contributed by atoms with Gasteiger partial charge in [0.2, 0.25) is 10.0 Å². The molecule has 1 saturated heterocycles. The zero-order valence-electron chi connectivity index (χ0n) is 9.99. The van der Waals surface area contributed by atoms with E-state index in [0.717, 1.165) is 0 Å². The summed E-state index contributed by atoms with van der Waals surface area (Å²) in [7, 11) is -3.83. The van der Waals surface area contributed by atoms with Crippen molar-refractivity contribution in [3.8, 4) is 0 Å². The monoisotopic (exact) mass is 298 g/mol. The van der Waals surface area contributed by atoms with Gasteiger partial charge >= 0.3 is 6.03 Å². The van der Waals surface area contributed by atoms with Gasteiger partial charge in [-0.25, -0.2) is 13.2 Å². The number of hydrogen-bond donors (Lipinski definition) is 3. The van der Waals surface area contributed by atoms with Gasteiger partial charge in [-0.1, -0.05) is 0 Å². The number of sulfonamides is 1. The summed E-state index contributed by atoms with van der Waals surface area (Å²) in [5.74, 6) is -1.28. The summed E-state index contributed by atoms with van der Waals surface area (Å²) in [5, 5.41) is 6.81. The molecule has 0 saturated carbocycles. The van der Waals surface area contributed by atoms with Crippen molar-refractivity contribution in [2.75, 3.05) is 10.5 Å². The fourth-order valence-electron chi connectivity index (χ4n) is 1.61. The minimum atomic E-state index is -3.83. The molecule has 2 rings (SSSR count). The van der Waals surface area contributed by atoms with Crippen molar-refractivity contribution in [1.82, 2.24) is 10.6 Å². The molecule has 20 heavy (non-hydrogen) atoms. The van der Waals surface area contributed by atoms with Crippen LogP contribution in [0.25, 0.3) is 0 Å². The molecule has 0 aliphatic carbocycles. The second kappa shape index (κ2) is 5.25. The van der Waals surface area contributed by atoms with Crippen molar-refractivity contribution in [3.05, 3.63) is 29.2 Å². The summed E-state index contributed by atoms with van der Waals surface area (Å²) >= 11 is 0. The number of anilines is 1. The smallest absolute Gasteiger partial charge is 0.322 e. The first-order valence-electron chi connectivity index (χ1n) is 5.45. The normalized spacial score (nSPS) is 18.3. The predicted molar refractivity (Wildman–Crippen MR) is 69.8 cm³/mol. The highest BCUT2D eigenvalue weighted by atomic mass is 32.2. The highest BCUT2D eigenvalue weighted by molar-refractivity contribution is 7.92. The Morgan fingerprint density at radius 3 is 2.35 bits per heavy atom. The quantitative estimate of drug-likeness (QED) is 0.521. The number of nitroso groups, excluding NO2 is 1. The Kier molecular flexibility index (Phi) is 3.66. The molecule has 1 aliphatic heterocycles. The van der Waals surface area contributed by atoms with Crippen molar-refractivity contribution in [2.45, 2.75) is 6.04 Å². The van der Waals surface area contributed by atoms with Gasteiger partial charge in [0, 0.05) is 5.69 Å². The fourth-order valence-corrected chi connectivity index (χ4v) is 2.86. The van der Waals surface area contributed by atoms with Crippen LogP contribution < -0.4 is 15.4 Å². The Labute approximate surface area is 113 Å². The maximum Gasteiger partial charge on any atom is 0.322 e. The summed E-state index contributed by atoms with van der Waals surface area (Å²) < 4.78 is 25.9. The number of nitrogens with one attached hydrogen (secondary N) is 3. The third-order valence-electron chi connectivity index (χ3n) is 2.49. The lowest BCUT2D eigenvalue weighted by Crippen LogP contribution is -2.38. The van der Waals surface area contributed by atoms with E-state index in [1.165, 1.54) is 24.3 Å². The standard InChI is InChI=1S/C10H10N4O5S/c15-9-8(11-10(16)12-9)5-20(18,19)14-7-3-1-6(13-17)2-4-7/h1-4,8,14H,5H2,(H2,11,12,15,16). The highest BCUT2D eigenvalue weighted by Crippen LogP contribution is 2.17. The molecule has 1 aromatic carbocycles. The largest absolute Gasteiger partial charge is 0.325 e. The molecule has 9 nitrogen and oxygen atoms in total. The van der Waals surface area contributed by atoms with E-state index in [1.54, 1.807) is 0 Å². The maximum absolute atomic E-state index is 11.8. The first-order chi connectivity index (χ1) is 9.39. The first kappa shape index (κ1) is 13.9. The number of imide groups is 1. The molecule has 1 aromatic rings. The van der Waals surface area contributed by atoms with Crippen molar-refractivity contribution < 1.29 is 18.0 Å². The number of hydrogen-bond acceptors (Lipinski definition) is 6. The van der Waals surface area contributed by atoms with Crippen LogP contribution in [0.1, 0.15) is 0 Å². The van der Waals surface area contributed by atoms with Gasteiger partial charge < -0.3 is 5.32 Å². The molecule has 0 spiro atoms. The van der Waals surface area contributed by atoms with Crippen LogP contribution in [0.2, 0.25) is 0 Å². The van der Waals surface area contributed by atoms with Crippen molar-refractivity contribution >= 4 is 33.3 Å². The lowest BCUT2D eigenvalue weighted by molar-refractivity contribution is -0.119. The van der Waals surface area contributed by atoms with Crippen LogP contribution in [-0.2, 0) is 14.8 Å². The van der Waals surface area contributed by atoms with Crippen LogP contribution in [0.3, 0.4) is 0 Å². The minimum Gasteiger partial charge on any atom is -0.325 e. The lowest BCUT2D eigenvalue weighted by atomic mass is 10.3. The van der Waals surface area contributed by atoms with Crippen molar-refractivity contribution in [1.29, 1.82) is 0 Å². The highest BCUT2D eigenvalue weighted by Gasteiger charge is 2.33. The van der Waals surface area contributed by atoms with Crippen LogP contribution >= 0.6 is 0 Å². The molecule has 3 amide bonds. The van der Waals surface area contributed by atoms with E-state index in [-0.39, 0.29) is 11.4 Å². The van der Waals surface area contributed by atoms with Crippen LogP contribution in [0, 0.1) is 4.91 Å². The Balaban J connectivity index is 2.05. The number of rotatable bonds is 5. The lowest BCUT2D eigenvalue weighted by Gasteiger charge is -2.10. The Hall–Kier alpha value is -2.49. The molecule has 0 aromatic heterocycles. The average molecular weight is 298 g/mol. The van der Waals surface area contributed by atoms with Crippen LogP contribution in [0.5, 0.6) is 0 Å². The van der Waals surface area contributed by atoms with E-state index < -0.39 is 33.8 Å². The molecule has 0 bridgehead atoms. The van der Waals surface area contributed by atoms with Crippen molar-refractivity contribution in [3.63, 3.8) is 0 Å². The van der Waals surface area contributed by atoms with E-state index in [4.69, 9.17) is 0 Å². The number of nitrogens with zero attached hydrogens (tertiary/aromatic N) is 1. The van der Waals surface area contributed by atoms with E-state index >= 15 is 0 Å². The summed E-state index contributed by atoms with van der Waals surface area (Å²) in [5.41, 5.74) is 0.387. The molecular weight excluding hydrogens is 288 g/mol. The fraction of sp³-hybridized carbons (Fsp3) is 0.200. The first-order valence-corrected chi connectivity index (χ1v) is 7.10. The third kappa shape index (κ3) is 3.29. The SMILES string of the molecule is O=Nc1ccc(NS(=O)(=O)CC2NC(=O)NC2=O)cc1.